The molecule has 3 fully saturated rings. The Hall–Kier alpha value is -12.7. The Morgan fingerprint density at radius 1 is 0.378 bits per heavy atom. The van der Waals surface area contributed by atoms with Crippen molar-refractivity contribution in [3.63, 3.8) is 0 Å². The van der Waals surface area contributed by atoms with Crippen LogP contribution in [-0.2, 0) is 14.4 Å². The molecule has 3 aliphatic rings. The van der Waals surface area contributed by atoms with Crippen molar-refractivity contribution >= 4 is 172 Å². The van der Waals surface area contributed by atoms with E-state index in [-0.39, 0.29) is 213 Å². The van der Waals surface area contributed by atoms with E-state index in [1.807, 2.05) is 59.8 Å². The van der Waals surface area contributed by atoms with Crippen molar-refractivity contribution in [1.29, 1.82) is 15.8 Å². The number of rotatable bonds is 15. The van der Waals surface area contributed by atoms with Crippen molar-refractivity contribution in [3.8, 4) is 86.3 Å². The first-order chi connectivity index (χ1) is 64.0. The van der Waals surface area contributed by atoms with E-state index < -0.39 is 116 Å². The molecule has 0 saturated carbocycles. The lowest BCUT2D eigenvalue weighted by Crippen LogP contribution is -2.49. The second-order valence-electron chi connectivity index (χ2n) is 32.0. The average molecular weight is 2020 g/mol. The monoisotopic (exact) mass is 2020 g/mol. The van der Waals surface area contributed by atoms with E-state index >= 15 is 0 Å². The van der Waals surface area contributed by atoms with Crippen LogP contribution in [0, 0.1) is 89.7 Å². The highest BCUT2D eigenvalue weighted by Gasteiger charge is 2.38. The lowest BCUT2D eigenvalue weighted by Gasteiger charge is -2.36. The zero-order valence-corrected chi connectivity index (χ0v) is 79.6. The molecule has 3 amide bonds. The van der Waals surface area contributed by atoms with Crippen molar-refractivity contribution in [2.75, 3.05) is 93.2 Å². The first-order valence-electron chi connectivity index (χ1n) is 41.1. The molecule has 27 nitrogen and oxygen atoms in total. The summed E-state index contributed by atoms with van der Waals surface area (Å²) in [6.07, 6.45) is 8.42. The van der Waals surface area contributed by atoms with Crippen LogP contribution in [0.2, 0.25) is 45.2 Å². The van der Waals surface area contributed by atoms with E-state index in [0.29, 0.717) is 50.8 Å². The number of hydrogen-bond acceptors (Lipinski definition) is 21. The average Bonchev–Trinajstić information content (AvgIpc) is 0.728. The van der Waals surface area contributed by atoms with Crippen LogP contribution in [0.25, 0.3) is 83.9 Å². The van der Waals surface area contributed by atoms with Crippen molar-refractivity contribution in [2.24, 2.45) is 0 Å². The van der Waals surface area contributed by atoms with E-state index in [1.165, 1.54) is 50.1 Å². The van der Waals surface area contributed by atoms with Gasteiger partial charge in [-0.1, -0.05) is 166 Å². The molecule has 3 aromatic carbocycles. The third-order valence-electron chi connectivity index (χ3n) is 23.0. The Labute approximate surface area is 810 Å². The number of halogens is 15. The summed E-state index contributed by atoms with van der Waals surface area (Å²) in [4.78, 5) is 117. The minimum absolute atomic E-state index is 0.0396. The summed E-state index contributed by atoms with van der Waals surface area (Å²) in [5.41, 5.74) is -0.460. The van der Waals surface area contributed by atoms with Gasteiger partial charge in [0.2, 0.25) is 17.7 Å². The normalized spacial score (nSPS) is 13.4. The van der Waals surface area contributed by atoms with Gasteiger partial charge in [-0.25, -0.2) is 41.3 Å². The molecule has 12 aromatic rings. The summed E-state index contributed by atoms with van der Waals surface area (Å²) in [5, 5.41) is 58.1. The van der Waals surface area contributed by atoms with E-state index in [0.717, 1.165) is 0 Å². The first-order valence-corrected chi connectivity index (χ1v) is 44.5. The number of carbonyl (C=O) groups excluding carboxylic acids is 3. The zero-order chi connectivity index (χ0) is 98.7. The lowest BCUT2D eigenvalue weighted by molar-refractivity contribution is -0.127. The number of benzene rings is 3. The van der Waals surface area contributed by atoms with Crippen LogP contribution in [-0.4, -0.2) is 170 Å². The maximum atomic E-state index is 14.9. The molecule has 0 radical (unpaired) electrons. The Balaban J connectivity index is 0.000000171. The summed E-state index contributed by atoms with van der Waals surface area (Å²) in [7, 11) is 0. The molecule has 696 valence electrons. The standard InChI is InChI=1S/3C31H25Cl3F2N6O3/c3*1-5-19(43)40-8-10-41(11-9-40)28-16-12-18(32)26(20-21(33)23(35)22(34)24(36)29(20)44)39-30(16)42(31(45)17(28)13-37)27-15(4)6-7-38-25(27)14(2)3/h3*5-7,12,14,44H,1,8-11H2,2-4H3. The van der Waals surface area contributed by atoms with Crippen molar-refractivity contribution in [3.05, 3.63) is 255 Å². The van der Waals surface area contributed by atoms with E-state index in [1.54, 1.807) is 87.0 Å². The van der Waals surface area contributed by atoms with Gasteiger partial charge in [0.15, 0.2) is 52.2 Å². The molecular weight excluding hydrogens is 1950 g/mol. The van der Waals surface area contributed by atoms with Crippen LogP contribution in [0.3, 0.4) is 0 Å². The molecule has 42 heteroatoms. The number of carbonyl (C=O) groups is 3. The van der Waals surface area contributed by atoms with Crippen LogP contribution in [0.1, 0.15) is 110 Å². The fraction of sp³-hybridized carbons (Fsp3) is 0.258. The SMILES string of the molecule is C=CC(=O)N1CCN(c2c(C#N)c(=O)n(-c3c(C)ccnc3C(C)C)c3nc(-c4c(O)c(F)c(Cl)c(F)c4Cl)c(Cl)cc23)CC1.C=CC(=O)N1CCN(c2c(C#N)c(=O)n(-c3c(C)ccnc3C(C)C)c3nc(-c4c(O)c(F)c(Cl)c(F)c4Cl)c(Cl)cc23)CC1.C=CC(=O)N1CCN(c2c(C#N)c(=O)n(-c3c(C)ccnc3C(C)C)c3nc(-c4c(O)c(F)c(Cl)c(F)c4Cl)c(Cl)cc23)CC1. The molecule has 3 aliphatic heterocycles. The van der Waals surface area contributed by atoms with Gasteiger partial charge in [-0.15, -0.1) is 0 Å². The highest BCUT2D eigenvalue weighted by molar-refractivity contribution is 6.41. The van der Waals surface area contributed by atoms with E-state index in [4.69, 9.17) is 104 Å². The third-order valence-corrected chi connectivity index (χ3v) is 25.9. The van der Waals surface area contributed by atoms with Gasteiger partial charge < -0.3 is 44.7 Å². The lowest BCUT2D eigenvalue weighted by atomic mass is 10.0. The van der Waals surface area contributed by atoms with Crippen LogP contribution in [0.4, 0.5) is 43.4 Å². The van der Waals surface area contributed by atoms with Gasteiger partial charge in [0.05, 0.1) is 115 Å². The Morgan fingerprint density at radius 3 is 0.800 bits per heavy atom. The third kappa shape index (κ3) is 17.8. The molecule has 15 rings (SSSR count). The number of piperazine rings is 3. The second kappa shape index (κ2) is 40.1. The predicted molar refractivity (Wildman–Crippen MR) is 509 cm³/mol. The molecule has 0 spiro atoms. The largest absolute Gasteiger partial charge is 0.504 e. The quantitative estimate of drug-likeness (QED) is 0.0371. The minimum atomic E-state index is -1.47. The highest BCUT2D eigenvalue weighted by Crippen LogP contribution is 2.51. The number of nitriles is 3. The summed E-state index contributed by atoms with van der Waals surface area (Å²) in [5.74, 6) is -13.0. The maximum Gasteiger partial charge on any atom is 0.276 e. The fourth-order valence-electron chi connectivity index (χ4n) is 16.4. The van der Waals surface area contributed by atoms with Crippen LogP contribution < -0.4 is 31.4 Å². The van der Waals surface area contributed by atoms with Gasteiger partial charge in [-0.05, 0) is 110 Å². The number of aromatic nitrogens is 9. The summed E-state index contributed by atoms with van der Waals surface area (Å²) < 4.78 is 92.6. The molecular formula is C93H75Cl9F6N18O9. The number of aromatic hydroxyl groups is 3. The summed E-state index contributed by atoms with van der Waals surface area (Å²) in [6.45, 7) is 30.4. The molecule has 3 saturated heterocycles. The van der Waals surface area contributed by atoms with E-state index in [2.05, 4.69) is 49.6 Å². The van der Waals surface area contributed by atoms with Gasteiger partial charge >= 0.3 is 0 Å². The predicted octanol–water partition coefficient (Wildman–Crippen LogP) is 19.6. The number of hydrogen-bond donors (Lipinski definition) is 3. The number of fused-ring (bicyclic) bond motifs is 3. The molecule has 0 aliphatic carbocycles. The number of nitrogens with zero attached hydrogens (tertiary/aromatic N) is 18. The van der Waals surface area contributed by atoms with Gasteiger partial charge in [0, 0.05) is 113 Å². The van der Waals surface area contributed by atoms with E-state index in [9.17, 15) is 86.2 Å². The van der Waals surface area contributed by atoms with Crippen molar-refractivity contribution in [1.82, 2.24) is 58.3 Å². The Kier molecular flexibility index (Phi) is 29.6. The Morgan fingerprint density at radius 2 is 0.600 bits per heavy atom. The zero-order valence-electron chi connectivity index (χ0n) is 72.8. The Bertz CT molecular complexity index is 6650. The molecule has 0 unspecified atom stereocenters. The molecule has 135 heavy (non-hydrogen) atoms. The molecule has 9 aromatic heterocycles. The van der Waals surface area contributed by atoms with Crippen molar-refractivity contribution in [2.45, 2.75) is 80.1 Å². The van der Waals surface area contributed by atoms with Gasteiger partial charge in [0.25, 0.3) is 16.7 Å². The van der Waals surface area contributed by atoms with Crippen molar-refractivity contribution < 1.29 is 56.0 Å². The van der Waals surface area contributed by atoms with Crippen LogP contribution in [0.15, 0.2) is 107 Å². The summed E-state index contributed by atoms with van der Waals surface area (Å²) >= 11 is 55.8. The summed E-state index contributed by atoms with van der Waals surface area (Å²) in [6, 6.07) is 15.4. The van der Waals surface area contributed by atoms with Gasteiger partial charge in [-0.2, -0.15) is 15.8 Å². The van der Waals surface area contributed by atoms with Crippen LogP contribution >= 0.6 is 104 Å². The number of pyridine rings is 9. The maximum absolute atomic E-state index is 14.9. The number of aryl methyl sites for hydroxylation is 3. The molecule has 0 bridgehead atoms. The van der Waals surface area contributed by atoms with Crippen LogP contribution in [0.5, 0.6) is 17.2 Å². The number of phenolic OH excluding ortho intramolecular Hbond substituents is 3. The molecule has 12 heterocycles. The molecule has 3 N–H and O–H groups in total. The smallest absolute Gasteiger partial charge is 0.276 e. The van der Waals surface area contributed by atoms with Gasteiger partial charge in [0.1, 0.15) is 66.9 Å². The highest BCUT2D eigenvalue weighted by atomic mass is 35.5. The minimum Gasteiger partial charge on any atom is -0.504 e. The second-order valence-corrected chi connectivity index (χ2v) is 35.5. The topological polar surface area (TPSA) is 346 Å². The number of phenols is 3. The first kappa shape index (κ1) is 99.7. The van der Waals surface area contributed by atoms with Gasteiger partial charge in [-0.3, -0.25) is 57.4 Å². The molecule has 0 atom stereocenters. The number of anilines is 3. The fourth-order valence-corrected chi connectivity index (χ4v) is 18.7. The number of amides is 3.